The van der Waals surface area contributed by atoms with Crippen LogP contribution in [0.5, 0.6) is 5.88 Å². The molecule has 0 radical (unpaired) electrons. The summed E-state index contributed by atoms with van der Waals surface area (Å²) in [6.45, 7) is 8.12. The van der Waals surface area contributed by atoms with Crippen molar-refractivity contribution < 1.29 is 14.3 Å². The molecule has 0 N–H and O–H groups in total. The highest BCUT2D eigenvalue weighted by molar-refractivity contribution is 9.10. The van der Waals surface area contributed by atoms with Crippen LogP contribution >= 0.6 is 15.9 Å². The lowest BCUT2D eigenvalue weighted by Crippen LogP contribution is -2.39. The Morgan fingerprint density at radius 1 is 1.32 bits per heavy atom. The smallest absolute Gasteiger partial charge is 0.410 e. The molecule has 1 fully saturated rings. The van der Waals surface area contributed by atoms with Crippen LogP contribution in [-0.2, 0) is 4.74 Å². The fraction of sp³-hybridized carbons (Fsp3) is 0.474. The largest absolute Gasteiger partial charge is 0.472 e. The van der Waals surface area contributed by atoms with Crippen LogP contribution in [-0.4, -0.2) is 40.3 Å². The third-order valence-corrected chi connectivity index (χ3v) is 4.66. The molecule has 2 aromatic rings. The number of carbonyl (C=O) groups excluding carboxylic acids is 1. The number of ether oxygens (including phenoxy) is 2. The number of nitrogens with zero attached hydrogens (tertiary/aromatic N) is 2. The molecule has 0 bridgehead atoms. The summed E-state index contributed by atoms with van der Waals surface area (Å²) < 4.78 is 12.4. The SMILES string of the molecule is CC1CC(Oc2nc3ccccc3cc2Br)CN1C(=O)OC(C)(C)C. The molecule has 6 heteroatoms. The normalized spacial score (nSPS) is 20.8. The Hall–Kier alpha value is -1.82. The second-order valence-electron chi connectivity index (χ2n) is 7.43. The number of hydrogen-bond donors (Lipinski definition) is 0. The van der Waals surface area contributed by atoms with Gasteiger partial charge in [0.25, 0.3) is 0 Å². The van der Waals surface area contributed by atoms with Crippen molar-refractivity contribution in [3.05, 3.63) is 34.8 Å². The minimum atomic E-state index is -0.501. The molecule has 5 nitrogen and oxygen atoms in total. The van der Waals surface area contributed by atoms with Gasteiger partial charge >= 0.3 is 6.09 Å². The van der Waals surface area contributed by atoms with Gasteiger partial charge in [0.15, 0.2) is 0 Å². The van der Waals surface area contributed by atoms with Crippen molar-refractivity contribution in [3.63, 3.8) is 0 Å². The van der Waals surface area contributed by atoms with Gasteiger partial charge < -0.3 is 14.4 Å². The maximum Gasteiger partial charge on any atom is 0.410 e. The number of likely N-dealkylation sites (tertiary alicyclic amines) is 1. The van der Waals surface area contributed by atoms with Gasteiger partial charge in [0, 0.05) is 17.8 Å². The van der Waals surface area contributed by atoms with Crippen molar-refractivity contribution in [1.82, 2.24) is 9.88 Å². The maximum atomic E-state index is 12.3. The molecule has 134 valence electrons. The Kier molecular flexibility index (Phi) is 4.91. The van der Waals surface area contributed by atoms with Gasteiger partial charge in [-0.05, 0) is 55.8 Å². The van der Waals surface area contributed by atoms with E-state index in [0.717, 1.165) is 21.8 Å². The second kappa shape index (κ2) is 6.83. The summed E-state index contributed by atoms with van der Waals surface area (Å²) >= 11 is 3.53. The first-order valence-corrected chi connectivity index (χ1v) is 9.24. The number of carbonyl (C=O) groups is 1. The van der Waals surface area contributed by atoms with Gasteiger partial charge in [0.05, 0.1) is 16.5 Å². The number of aromatic nitrogens is 1. The van der Waals surface area contributed by atoms with Gasteiger partial charge in [0.1, 0.15) is 11.7 Å². The fourth-order valence-corrected chi connectivity index (χ4v) is 3.38. The van der Waals surface area contributed by atoms with Crippen LogP contribution in [0.25, 0.3) is 10.9 Å². The van der Waals surface area contributed by atoms with Crippen LogP contribution in [0.4, 0.5) is 4.79 Å². The predicted molar refractivity (Wildman–Crippen MR) is 101 cm³/mol. The monoisotopic (exact) mass is 406 g/mol. The van der Waals surface area contributed by atoms with Crippen molar-refractivity contribution in [1.29, 1.82) is 0 Å². The van der Waals surface area contributed by atoms with Crippen molar-refractivity contribution in [2.75, 3.05) is 6.54 Å². The number of benzene rings is 1. The molecule has 1 aliphatic rings. The summed E-state index contributed by atoms with van der Waals surface area (Å²) in [5.41, 5.74) is 0.384. The molecule has 0 saturated carbocycles. The summed E-state index contributed by atoms with van der Waals surface area (Å²) in [6.07, 6.45) is 0.351. The van der Waals surface area contributed by atoms with E-state index in [2.05, 4.69) is 20.9 Å². The van der Waals surface area contributed by atoms with Crippen LogP contribution in [0.15, 0.2) is 34.8 Å². The van der Waals surface area contributed by atoms with Gasteiger partial charge in [-0.15, -0.1) is 0 Å². The number of fused-ring (bicyclic) bond motifs is 1. The molecule has 25 heavy (non-hydrogen) atoms. The molecule has 1 saturated heterocycles. The Morgan fingerprint density at radius 3 is 2.76 bits per heavy atom. The number of para-hydroxylation sites is 1. The molecule has 2 heterocycles. The molecule has 2 unspecified atom stereocenters. The quantitative estimate of drug-likeness (QED) is 0.720. The summed E-state index contributed by atoms with van der Waals surface area (Å²) in [5.74, 6) is 0.557. The Morgan fingerprint density at radius 2 is 2.04 bits per heavy atom. The summed E-state index contributed by atoms with van der Waals surface area (Å²) in [5, 5.41) is 1.05. The highest BCUT2D eigenvalue weighted by atomic mass is 79.9. The van der Waals surface area contributed by atoms with Gasteiger partial charge in [-0.2, -0.15) is 0 Å². The third kappa shape index (κ3) is 4.24. The van der Waals surface area contributed by atoms with E-state index in [1.807, 2.05) is 58.0 Å². The summed E-state index contributed by atoms with van der Waals surface area (Å²) in [7, 11) is 0. The van der Waals surface area contributed by atoms with Gasteiger partial charge in [0.2, 0.25) is 5.88 Å². The zero-order valence-electron chi connectivity index (χ0n) is 15.0. The summed E-state index contributed by atoms with van der Waals surface area (Å²) in [6, 6.07) is 9.97. The Bertz CT molecular complexity index is 788. The third-order valence-electron chi connectivity index (χ3n) is 4.09. The zero-order valence-corrected chi connectivity index (χ0v) is 16.5. The molecular formula is C19H23BrN2O3. The van der Waals surface area contributed by atoms with Crippen molar-refractivity contribution >= 4 is 32.9 Å². The van der Waals surface area contributed by atoms with E-state index in [1.165, 1.54) is 0 Å². The van der Waals surface area contributed by atoms with E-state index < -0.39 is 5.60 Å². The number of halogens is 1. The lowest BCUT2D eigenvalue weighted by atomic mass is 10.2. The molecule has 3 rings (SSSR count). The van der Waals surface area contributed by atoms with E-state index >= 15 is 0 Å². The molecule has 1 aromatic heterocycles. The first-order chi connectivity index (χ1) is 11.7. The van der Waals surface area contributed by atoms with Crippen molar-refractivity contribution in [2.45, 2.75) is 51.9 Å². The highest BCUT2D eigenvalue weighted by Crippen LogP contribution is 2.30. The molecular weight excluding hydrogens is 384 g/mol. The van der Waals surface area contributed by atoms with Crippen LogP contribution in [0.3, 0.4) is 0 Å². The minimum Gasteiger partial charge on any atom is -0.472 e. The van der Waals surface area contributed by atoms with Gasteiger partial charge in [-0.1, -0.05) is 18.2 Å². The van der Waals surface area contributed by atoms with Crippen LogP contribution in [0.2, 0.25) is 0 Å². The standard InChI is InChI=1S/C19H23BrN2O3/c1-12-9-14(11-22(12)18(23)25-19(2,3)4)24-17-15(20)10-13-7-5-6-8-16(13)21-17/h5-8,10,12,14H,9,11H2,1-4H3. The predicted octanol–water partition coefficient (Wildman–Crippen LogP) is 4.77. The molecule has 2 atom stereocenters. The zero-order chi connectivity index (χ0) is 18.2. The first kappa shape index (κ1) is 18.0. The van der Waals surface area contributed by atoms with Gasteiger partial charge in [-0.3, -0.25) is 0 Å². The van der Waals surface area contributed by atoms with E-state index in [1.54, 1.807) is 4.90 Å². The van der Waals surface area contributed by atoms with E-state index in [4.69, 9.17) is 9.47 Å². The average molecular weight is 407 g/mol. The number of amides is 1. The van der Waals surface area contributed by atoms with Crippen LogP contribution in [0.1, 0.15) is 34.1 Å². The molecule has 0 aliphatic carbocycles. The number of hydrogen-bond acceptors (Lipinski definition) is 4. The molecule has 0 spiro atoms. The lowest BCUT2D eigenvalue weighted by Gasteiger charge is -2.26. The van der Waals surface area contributed by atoms with E-state index in [9.17, 15) is 4.79 Å². The maximum absolute atomic E-state index is 12.3. The van der Waals surface area contributed by atoms with E-state index in [0.29, 0.717) is 12.4 Å². The Labute approximate surface area is 156 Å². The van der Waals surface area contributed by atoms with Crippen LogP contribution < -0.4 is 4.74 Å². The topological polar surface area (TPSA) is 51.7 Å². The molecule has 1 aromatic carbocycles. The number of pyridine rings is 1. The summed E-state index contributed by atoms with van der Waals surface area (Å²) in [4.78, 5) is 18.7. The number of rotatable bonds is 2. The van der Waals surface area contributed by atoms with E-state index in [-0.39, 0.29) is 18.2 Å². The van der Waals surface area contributed by atoms with Gasteiger partial charge in [-0.25, -0.2) is 9.78 Å². The Balaban J connectivity index is 1.72. The first-order valence-electron chi connectivity index (χ1n) is 8.44. The average Bonchev–Trinajstić information content (AvgIpc) is 2.87. The highest BCUT2D eigenvalue weighted by Gasteiger charge is 2.36. The fourth-order valence-electron chi connectivity index (χ4n) is 2.95. The van der Waals surface area contributed by atoms with Crippen molar-refractivity contribution in [3.8, 4) is 5.88 Å². The molecule has 1 amide bonds. The minimum absolute atomic E-state index is 0.0686. The lowest BCUT2D eigenvalue weighted by molar-refractivity contribution is 0.0223. The molecule has 1 aliphatic heterocycles. The second-order valence-corrected chi connectivity index (χ2v) is 8.28. The van der Waals surface area contributed by atoms with Crippen LogP contribution in [0, 0.1) is 0 Å². The van der Waals surface area contributed by atoms with Crippen molar-refractivity contribution in [2.24, 2.45) is 0 Å².